The van der Waals surface area contributed by atoms with Crippen LogP contribution in [0, 0.1) is 5.92 Å². The summed E-state index contributed by atoms with van der Waals surface area (Å²) in [6.45, 7) is 1.60. The van der Waals surface area contributed by atoms with Crippen molar-refractivity contribution in [2.45, 2.75) is 32.5 Å². The van der Waals surface area contributed by atoms with Crippen LogP contribution in [-0.2, 0) is 11.2 Å². The SMILES string of the molecule is CC(CCCc1cccc(OC(F)(F)F)c1)C(=O)O. The van der Waals surface area contributed by atoms with Crippen LogP contribution in [0.4, 0.5) is 13.2 Å². The lowest BCUT2D eigenvalue weighted by Crippen LogP contribution is -2.17. The Labute approximate surface area is 109 Å². The molecule has 1 atom stereocenters. The standard InChI is InChI=1S/C13H15F3O3/c1-9(12(17)18)4-2-5-10-6-3-7-11(8-10)19-13(14,15)16/h3,6-9H,2,4-5H2,1H3,(H,17,18). The summed E-state index contributed by atoms with van der Waals surface area (Å²) < 4.78 is 39.9. The molecule has 0 saturated heterocycles. The topological polar surface area (TPSA) is 46.5 Å². The number of carboxylic acids is 1. The van der Waals surface area contributed by atoms with Crippen LogP contribution in [-0.4, -0.2) is 17.4 Å². The second-order valence-electron chi connectivity index (χ2n) is 4.33. The van der Waals surface area contributed by atoms with Crippen molar-refractivity contribution < 1.29 is 27.8 Å². The number of alkyl halides is 3. The molecule has 0 aromatic heterocycles. The van der Waals surface area contributed by atoms with Crippen molar-refractivity contribution in [1.82, 2.24) is 0 Å². The minimum atomic E-state index is -4.70. The number of carboxylic acid groups (broad SMARTS) is 1. The summed E-state index contributed by atoms with van der Waals surface area (Å²) in [5.41, 5.74) is 0.694. The van der Waals surface area contributed by atoms with Crippen molar-refractivity contribution in [3.05, 3.63) is 29.8 Å². The van der Waals surface area contributed by atoms with Crippen LogP contribution in [0.1, 0.15) is 25.3 Å². The number of ether oxygens (including phenoxy) is 1. The van der Waals surface area contributed by atoms with Gasteiger partial charge in [0.25, 0.3) is 0 Å². The van der Waals surface area contributed by atoms with E-state index in [0.717, 1.165) is 0 Å². The Morgan fingerprint density at radius 1 is 1.42 bits per heavy atom. The molecule has 1 unspecified atom stereocenters. The van der Waals surface area contributed by atoms with Gasteiger partial charge < -0.3 is 9.84 Å². The predicted molar refractivity (Wildman–Crippen MR) is 62.9 cm³/mol. The van der Waals surface area contributed by atoms with E-state index in [0.29, 0.717) is 24.8 Å². The Balaban J connectivity index is 2.51. The highest BCUT2D eigenvalue weighted by Gasteiger charge is 2.31. The minimum Gasteiger partial charge on any atom is -0.481 e. The fourth-order valence-electron chi connectivity index (χ4n) is 1.63. The van der Waals surface area contributed by atoms with Crippen molar-refractivity contribution in [3.8, 4) is 5.75 Å². The van der Waals surface area contributed by atoms with Crippen molar-refractivity contribution in [2.24, 2.45) is 5.92 Å². The van der Waals surface area contributed by atoms with Gasteiger partial charge >= 0.3 is 12.3 Å². The molecule has 0 bridgehead atoms. The average Bonchev–Trinajstić information content (AvgIpc) is 2.26. The Morgan fingerprint density at radius 2 is 2.11 bits per heavy atom. The van der Waals surface area contributed by atoms with Gasteiger partial charge in [0.1, 0.15) is 5.75 Å². The lowest BCUT2D eigenvalue weighted by atomic mass is 10.0. The van der Waals surface area contributed by atoms with E-state index in [9.17, 15) is 18.0 Å². The van der Waals surface area contributed by atoms with Gasteiger partial charge in [-0.15, -0.1) is 13.2 Å². The summed E-state index contributed by atoms with van der Waals surface area (Å²) in [7, 11) is 0. The zero-order chi connectivity index (χ0) is 14.5. The van der Waals surface area contributed by atoms with E-state index < -0.39 is 18.2 Å². The van der Waals surface area contributed by atoms with Gasteiger partial charge in [0, 0.05) is 0 Å². The minimum absolute atomic E-state index is 0.253. The van der Waals surface area contributed by atoms with Gasteiger partial charge in [-0.2, -0.15) is 0 Å². The molecule has 106 valence electrons. The van der Waals surface area contributed by atoms with E-state index in [4.69, 9.17) is 5.11 Å². The van der Waals surface area contributed by atoms with Gasteiger partial charge in [-0.3, -0.25) is 4.79 Å². The van der Waals surface area contributed by atoms with Gasteiger partial charge in [-0.25, -0.2) is 0 Å². The molecule has 1 aromatic rings. The van der Waals surface area contributed by atoms with E-state index >= 15 is 0 Å². The van der Waals surface area contributed by atoms with Crippen LogP contribution < -0.4 is 4.74 Å². The molecule has 1 aromatic carbocycles. The lowest BCUT2D eigenvalue weighted by Gasteiger charge is -2.10. The number of aryl methyl sites for hydroxylation is 1. The number of aliphatic carboxylic acids is 1. The molecule has 0 aliphatic rings. The quantitative estimate of drug-likeness (QED) is 0.863. The van der Waals surface area contributed by atoms with Crippen LogP contribution in [0.25, 0.3) is 0 Å². The van der Waals surface area contributed by atoms with Crippen molar-refractivity contribution >= 4 is 5.97 Å². The third kappa shape index (κ3) is 6.13. The fourth-order valence-corrected chi connectivity index (χ4v) is 1.63. The molecule has 0 aliphatic heterocycles. The smallest absolute Gasteiger partial charge is 0.481 e. The molecule has 0 heterocycles. The molecule has 0 amide bonds. The lowest BCUT2D eigenvalue weighted by molar-refractivity contribution is -0.274. The maximum Gasteiger partial charge on any atom is 0.573 e. The number of benzene rings is 1. The van der Waals surface area contributed by atoms with Gasteiger partial charge in [-0.1, -0.05) is 19.1 Å². The summed E-state index contributed by atoms with van der Waals surface area (Å²) in [4.78, 5) is 10.6. The van der Waals surface area contributed by atoms with Crippen LogP contribution in [0.3, 0.4) is 0 Å². The van der Waals surface area contributed by atoms with Gasteiger partial charge in [0.2, 0.25) is 0 Å². The largest absolute Gasteiger partial charge is 0.573 e. The van der Waals surface area contributed by atoms with Crippen molar-refractivity contribution in [2.75, 3.05) is 0 Å². The Kier molecular flexibility index (Phi) is 5.20. The Hall–Kier alpha value is -1.72. The van der Waals surface area contributed by atoms with Crippen molar-refractivity contribution in [3.63, 3.8) is 0 Å². The molecular weight excluding hydrogens is 261 g/mol. The van der Waals surface area contributed by atoms with E-state index in [-0.39, 0.29) is 5.75 Å². The van der Waals surface area contributed by atoms with Crippen LogP contribution in [0.15, 0.2) is 24.3 Å². The van der Waals surface area contributed by atoms with Crippen LogP contribution in [0.2, 0.25) is 0 Å². The molecule has 6 heteroatoms. The normalized spacial score (nSPS) is 13.1. The highest BCUT2D eigenvalue weighted by atomic mass is 19.4. The van der Waals surface area contributed by atoms with E-state index in [1.54, 1.807) is 13.0 Å². The first-order valence-corrected chi connectivity index (χ1v) is 5.85. The molecule has 0 saturated carbocycles. The molecule has 1 rings (SSSR count). The zero-order valence-electron chi connectivity index (χ0n) is 10.4. The summed E-state index contributed by atoms with van der Waals surface area (Å²) in [5.74, 6) is -1.57. The summed E-state index contributed by atoms with van der Waals surface area (Å²) in [5, 5.41) is 8.71. The molecule has 0 radical (unpaired) electrons. The van der Waals surface area contributed by atoms with Gasteiger partial charge in [0.15, 0.2) is 0 Å². The van der Waals surface area contributed by atoms with Gasteiger partial charge in [-0.05, 0) is 37.0 Å². The highest BCUT2D eigenvalue weighted by Crippen LogP contribution is 2.24. The Bertz CT molecular complexity index is 429. The maximum absolute atomic E-state index is 12.0. The third-order valence-corrected chi connectivity index (χ3v) is 2.66. The van der Waals surface area contributed by atoms with E-state index in [1.807, 2.05) is 0 Å². The zero-order valence-corrected chi connectivity index (χ0v) is 10.4. The number of hydrogen-bond donors (Lipinski definition) is 1. The molecule has 0 spiro atoms. The monoisotopic (exact) mass is 276 g/mol. The first-order chi connectivity index (χ1) is 8.78. The highest BCUT2D eigenvalue weighted by molar-refractivity contribution is 5.69. The maximum atomic E-state index is 12.0. The van der Waals surface area contributed by atoms with Crippen LogP contribution >= 0.6 is 0 Å². The fraction of sp³-hybridized carbons (Fsp3) is 0.462. The number of rotatable bonds is 6. The molecule has 3 nitrogen and oxygen atoms in total. The summed E-state index contributed by atoms with van der Waals surface area (Å²) in [6.07, 6.45) is -3.09. The summed E-state index contributed by atoms with van der Waals surface area (Å²) in [6, 6.07) is 5.72. The number of hydrogen-bond acceptors (Lipinski definition) is 2. The second kappa shape index (κ2) is 6.45. The van der Waals surface area contributed by atoms with Crippen molar-refractivity contribution in [1.29, 1.82) is 0 Å². The van der Waals surface area contributed by atoms with E-state index in [1.165, 1.54) is 18.2 Å². The number of carbonyl (C=O) groups is 1. The second-order valence-corrected chi connectivity index (χ2v) is 4.33. The van der Waals surface area contributed by atoms with E-state index in [2.05, 4.69) is 4.74 Å². The third-order valence-electron chi connectivity index (χ3n) is 2.66. The molecule has 19 heavy (non-hydrogen) atoms. The first kappa shape index (κ1) is 15.3. The van der Waals surface area contributed by atoms with Crippen LogP contribution in [0.5, 0.6) is 5.75 Å². The average molecular weight is 276 g/mol. The molecule has 0 fully saturated rings. The van der Waals surface area contributed by atoms with Gasteiger partial charge in [0.05, 0.1) is 5.92 Å². The molecule has 1 N–H and O–H groups in total. The molecule has 0 aliphatic carbocycles. The predicted octanol–water partition coefficient (Wildman–Crippen LogP) is 3.63. The number of halogens is 3. The Morgan fingerprint density at radius 3 is 2.68 bits per heavy atom. The molecular formula is C13H15F3O3. The summed E-state index contributed by atoms with van der Waals surface area (Å²) >= 11 is 0. The first-order valence-electron chi connectivity index (χ1n) is 5.85.